The molecule has 2 heteroatoms. The maximum absolute atomic E-state index is 4.24. The topological polar surface area (TPSA) is 0 Å². The van der Waals surface area contributed by atoms with Gasteiger partial charge in [-0.05, 0) is 48.3 Å². The van der Waals surface area contributed by atoms with Gasteiger partial charge in [0.15, 0.2) is 0 Å². The number of thiol groups is 2. The SMILES string of the molecule is SCCCc1ccccc1CCCS. The first kappa shape index (κ1) is 12.0. The van der Waals surface area contributed by atoms with Gasteiger partial charge in [0.2, 0.25) is 0 Å². The molecule has 0 N–H and O–H groups in total. The van der Waals surface area contributed by atoms with Crippen LogP contribution in [0.1, 0.15) is 24.0 Å². The van der Waals surface area contributed by atoms with E-state index in [1.165, 1.54) is 24.0 Å². The van der Waals surface area contributed by atoms with E-state index in [1.54, 1.807) is 0 Å². The molecule has 0 atom stereocenters. The molecule has 0 heterocycles. The number of aryl methyl sites for hydroxylation is 2. The van der Waals surface area contributed by atoms with Crippen molar-refractivity contribution in [2.24, 2.45) is 0 Å². The molecule has 0 saturated carbocycles. The van der Waals surface area contributed by atoms with Gasteiger partial charge in [0, 0.05) is 0 Å². The van der Waals surface area contributed by atoms with Crippen molar-refractivity contribution in [3.8, 4) is 0 Å². The fourth-order valence-corrected chi connectivity index (χ4v) is 1.90. The largest absolute Gasteiger partial charge is 0.179 e. The van der Waals surface area contributed by atoms with Gasteiger partial charge in [0.1, 0.15) is 0 Å². The highest BCUT2D eigenvalue weighted by molar-refractivity contribution is 7.80. The minimum Gasteiger partial charge on any atom is -0.179 e. The van der Waals surface area contributed by atoms with Crippen molar-refractivity contribution in [2.75, 3.05) is 11.5 Å². The molecule has 0 nitrogen and oxygen atoms in total. The number of hydrogen-bond donors (Lipinski definition) is 2. The van der Waals surface area contributed by atoms with Crippen LogP contribution in [0.15, 0.2) is 24.3 Å². The maximum Gasteiger partial charge on any atom is -0.00947 e. The van der Waals surface area contributed by atoms with Gasteiger partial charge >= 0.3 is 0 Å². The molecule has 0 radical (unpaired) electrons. The molecule has 0 saturated heterocycles. The summed E-state index contributed by atoms with van der Waals surface area (Å²) in [7, 11) is 0. The molecule has 1 aromatic rings. The van der Waals surface area contributed by atoms with Crippen LogP contribution in [0.3, 0.4) is 0 Å². The summed E-state index contributed by atoms with van der Waals surface area (Å²) in [5.41, 5.74) is 2.98. The van der Waals surface area contributed by atoms with Gasteiger partial charge in [-0.1, -0.05) is 24.3 Å². The van der Waals surface area contributed by atoms with Crippen LogP contribution in [-0.2, 0) is 12.8 Å². The lowest BCUT2D eigenvalue weighted by Gasteiger charge is -2.07. The van der Waals surface area contributed by atoms with E-state index in [0.717, 1.165) is 24.3 Å². The van der Waals surface area contributed by atoms with E-state index in [2.05, 4.69) is 49.5 Å². The van der Waals surface area contributed by atoms with Gasteiger partial charge < -0.3 is 0 Å². The van der Waals surface area contributed by atoms with E-state index in [0.29, 0.717) is 0 Å². The monoisotopic (exact) mass is 226 g/mol. The Balaban J connectivity index is 2.60. The summed E-state index contributed by atoms with van der Waals surface area (Å²) in [6.07, 6.45) is 4.65. The summed E-state index contributed by atoms with van der Waals surface area (Å²) in [5, 5.41) is 0. The molecular weight excluding hydrogens is 208 g/mol. The second kappa shape index (κ2) is 7.24. The Bertz CT molecular complexity index is 231. The Morgan fingerprint density at radius 1 is 0.786 bits per heavy atom. The summed E-state index contributed by atoms with van der Waals surface area (Å²) in [6, 6.07) is 8.71. The summed E-state index contributed by atoms with van der Waals surface area (Å²) >= 11 is 8.49. The van der Waals surface area contributed by atoms with Crippen LogP contribution >= 0.6 is 25.3 Å². The van der Waals surface area contributed by atoms with Gasteiger partial charge in [0.05, 0.1) is 0 Å². The molecule has 0 aliphatic carbocycles. The first-order valence-electron chi connectivity index (χ1n) is 5.17. The van der Waals surface area contributed by atoms with Gasteiger partial charge in [-0.2, -0.15) is 25.3 Å². The van der Waals surface area contributed by atoms with Gasteiger partial charge in [0.25, 0.3) is 0 Å². The highest BCUT2D eigenvalue weighted by Gasteiger charge is 2.00. The van der Waals surface area contributed by atoms with E-state index in [4.69, 9.17) is 0 Å². The number of rotatable bonds is 6. The lowest BCUT2D eigenvalue weighted by Crippen LogP contribution is -1.95. The molecule has 0 spiro atoms. The molecule has 0 aromatic heterocycles. The third kappa shape index (κ3) is 3.97. The second-order valence-corrected chi connectivity index (χ2v) is 4.32. The van der Waals surface area contributed by atoms with Crippen LogP contribution in [-0.4, -0.2) is 11.5 Å². The molecule has 0 amide bonds. The zero-order chi connectivity index (χ0) is 10.2. The van der Waals surface area contributed by atoms with Crippen LogP contribution in [0.2, 0.25) is 0 Å². The van der Waals surface area contributed by atoms with Crippen molar-refractivity contribution < 1.29 is 0 Å². The fourth-order valence-electron chi connectivity index (χ4n) is 1.58. The molecule has 1 rings (SSSR count). The summed E-state index contributed by atoms with van der Waals surface area (Å²) in [5.74, 6) is 1.95. The van der Waals surface area contributed by atoms with Crippen molar-refractivity contribution in [1.29, 1.82) is 0 Å². The zero-order valence-electron chi connectivity index (χ0n) is 8.45. The van der Waals surface area contributed by atoms with Crippen LogP contribution in [0.4, 0.5) is 0 Å². The van der Waals surface area contributed by atoms with E-state index in [9.17, 15) is 0 Å². The van der Waals surface area contributed by atoms with Crippen molar-refractivity contribution in [1.82, 2.24) is 0 Å². The number of hydrogen-bond acceptors (Lipinski definition) is 2. The summed E-state index contributed by atoms with van der Waals surface area (Å²) in [4.78, 5) is 0. The van der Waals surface area contributed by atoms with Crippen LogP contribution in [0.25, 0.3) is 0 Å². The molecule has 0 aliphatic rings. The standard InChI is InChI=1S/C12H18S2/c13-9-3-7-11-5-1-2-6-12(11)8-4-10-14/h1-2,5-6,13-14H,3-4,7-10H2. The second-order valence-electron chi connectivity index (χ2n) is 3.42. The molecule has 1 aromatic carbocycles. The lowest BCUT2D eigenvalue weighted by molar-refractivity contribution is 0.873. The maximum atomic E-state index is 4.24. The van der Waals surface area contributed by atoms with Crippen molar-refractivity contribution in [2.45, 2.75) is 25.7 Å². The van der Waals surface area contributed by atoms with Gasteiger partial charge in [-0.3, -0.25) is 0 Å². The number of benzene rings is 1. The third-order valence-electron chi connectivity index (χ3n) is 2.33. The first-order chi connectivity index (χ1) is 6.88. The predicted octanol–water partition coefficient (Wildman–Crippen LogP) is 3.41. The molecule has 14 heavy (non-hydrogen) atoms. The minimum atomic E-state index is 0.973. The van der Waals surface area contributed by atoms with Crippen molar-refractivity contribution >= 4 is 25.3 Å². The normalized spacial score (nSPS) is 10.4. The highest BCUT2D eigenvalue weighted by atomic mass is 32.1. The van der Waals surface area contributed by atoms with Gasteiger partial charge in [-0.15, -0.1) is 0 Å². The molecule has 0 bridgehead atoms. The third-order valence-corrected chi connectivity index (χ3v) is 2.96. The molecular formula is C12H18S2. The van der Waals surface area contributed by atoms with Crippen molar-refractivity contribution in [3.05, 3.63) is 35.4 Å². The fraction of sp³-hybridized carbons (Fsp3) is 0.500. The summed E-state index contributed by atoms with van der Waals surface area (Å²) in [6.45, 7) is 0. The van der Waals surface area contributed by atoms with E-state index < -0.39 is 0 Å². The Morgan fingerprint density at radius 3 is 1.57 bits per heavy atom. The highest BCUT2D eigenvalue weighted by Crippen LogP contribution is 2.13. The Kier molecular flexibility index (Phi) is 6.20. The smallest absolute Gasteiger partial charge is 0.00947 e. The van der Waals surface area contributed by atoms with Crippen LogP contribution in [0.5, 0.6) is 0 Å². The van der Waals surface area contributed by atoms with Gasteiger partial charge in [-0.25, -0.2) is 0 Å². The Morgan fingerprint density at radius 2 is 1.21 bits per heavy atom. The van der Waals surface area contributed by atoms with E-state index >= 15 is 0 Å². The average Bonchev–Trinajstić information content (AvgIpc) is 2.24. The summed E-state index contributed by atoms with van der Waals surface area (Å²) < 4.78 is 0. The molecule has 0 aliphatic heterocycles. The average molecular weight is 226 g/mol. The van der Waals surface area contributed by atoms with Crippen LogP contribution < -0.4 is 0 Å². The Hall–Kier alpha value is -0.0800. The molecule has 0 unspecified atom stereocenters. The quantitative estimate of drug-likeness (QED) is 0.682. The van der Waals surface area contributed by atoms with E-state index in [1.807, 2.05) is 0 Å². The Labute approximate surface area is 97.9 Å². The first-order valence-corrected chi connectivity index (χ1v) is 6.43. The lowest BCUT2D eigenvalue weighted by atomic mass is 10.00. The molecule has 78 valence electrons. The predicted molar refractivity (Wildman–Crippen MR) is 70.8 cm³/mol. The van der Waals surface area contributed by atoms with Crippen molar-refractivity contribution in [3.63, 3.8) is 0 Å². The van der Waals surface area contributed by atoms with Crippen LogP contribution in [0, 0.1) is 0 Å². The zero-order valence-corrected chi connectivity index (χ0v) is 10.2. The molecule has 0 fully saturated rings. The minimum absolute atomic E-state index is 0.973. The van der Waals surface area contributed by atoms with E-state index in [-0.39, 0.29) is 0 Å².